The molecule has 25 heavy (non-hydrogen) atoms. The Kier molecular flexibility index (Phi) is 7.54. The minimum absolute atomic E-state index is 0.318. The lowest BCUT2D eigenvalue weighted by molar-refractivity contribution is -0.138. The Morgan fingerprint density at radius 3 is 2.40 bits per heavy atom. The third kappa shape index (κ3) is 5.85. The van der Waals surface area contributed by atoms with E-state index in [1.807, 2.05) is 20.8 Å². The average Bonchev–Trinajstić information content (AvgIpc) is 2.55. The molecule has 2 rings (SSSR count). The fourth-order valence-electron chi connectivity index (χ4n) is 2.58. The number of nitrogens with one attached hydrogen (secondary N) is 1. The van der Waals surface area contributed by atoms with Crippen molar-refractivity contribution < 1.29 is 18.7 Å². The Morgan fingerprint density at radius 1 is 1.36 bits per heavy atom. The molecular formula is C17H23FN4O3. The summed E-state index contributed by atoms with van der Waals surface area (Å²) in [6.45, 7) is 7.12. The van der Waals surface area contributed by atoms with Crippen LogP contribution < -0.4 is 5.32 Å². The summed E-state index contributed by atoms with van der Waals surface area (Å²) in [5.41, 5.74) is 7.41. The van der Waals surface area contributed by atoms with Gasteiger partial charge in [-0.3, -0.25) is 9.59 Å². The summed E-state index contributed by atoms with van der Waals surface area (Å²) < 4.78 is 18.5. The zero-order valence-corrected chi connectivity index (χ0v) is 14.7. The van der Waals surface area contributed by atoms with Gasteiger partial charge < -0.3 is 10.1 Å². The van der Waals surface area contributed by atoms with E-state index < -0.39 is 17.1 Å². The van der Waals surface area contributed by atoms with Crippen LogP contribution in [0.3, 0.4) is 0 Å². The summed E-state index contributed by atoms with van der Waals surface area (Å²) >= 11 is 0. The molecule has 0 aromatic heterocycles. The van der Waals surface area contributed by atoms with Crippen molar-refractivity contribution in [2.45, 2.75) is 44.6 Å². The smallest absolute Gasteiger partial charge is 0.293 e. The van der Waals surface area contributed by atoms with Crippen molar-refractivity contribution in [3.8, 4) is 0 Å². The molecule has 1 heterocycles. The van der Waals surface area contributed by atoms with Gasteiger partial charge in [0.25, 0.3) is 6.47 Å². The number of hydrogen-bond acceptors (Lipinski definition) is 4. The minimum Gasteiger partial charge on any atom is -0.462 e. The quantitative estimate of drug-likeness (QED) is 0.391. The number of nitrogens with zero attached hydrogens (tertiary/aromatic N) is 3. The minimum atomic E-state index is -1.02. The van der Waals surface area contributed by atoms with Crippen LogP contribution in [0.1, 0.15) is 39.2 Å². The second-order valence-corrected chi connectivity index (χ2v) is 6.63. The molecule has 1 aliphatic heterocycles. The molecule has 136 valence electrons. The average molecular weight is 350 g/mol. The second-order valence-electron chi connectivity index (χ2n) is 6.63. The van der Waals surface area contributed by atoms with Crippen LogP contribution in [0.4, 0.5) is 4.39 Å². The zero-order chi connectivity index (χ0) is 18.9. The first-order valence-corrected chi connectivity index (χ1v) is 7.93. The van der Waals surface area contributed by atoms with Gasteiger partial charge in [0.1, 0.15) is 11.4 Å². The number of ether oxygens (including phenoxy) is 1. The highest BCUT2D eigenvalue weighted by molar-refractivity contribution is 5.89. The van der Waals surface area contributed by atoms with Gasteiger partial charge in [0.05, 0.1) is 5.41 Å². The van der Waals surface area contributed by atoms with Crippen molar-refractivity contribution in [2.24, 2.45) is 5.11 Å². The summed E-state index contributed by atoms with van der Waals surface area (Å²) in [5.74, 6) is -1.03. The molecule has 0 radical (unpaired) electrons. The van der Waals surface area contributed by atoms with E-state index in [4.69, 9.17) is 5.53 Å². The molecule has 0 unspecified atom stereocenters. The lowest BCUT2D eigenvalue weighted by Crippen LogP contribution is -2.45. The van der Waals surface area contributed by atoms with E-state index in [2.05, 4.69) is 20.1 Å². The Hall–Kier alpha value is -2.44. The Morgan fingerprint density at radius 2 is 1.96 bits per heavy atom. The van der Waals surface area contributed by atoms with Crippen molar-refractivity contribution in [2.75, 3.05) is 13.1 Å². The van der Waals surface area contributed by atoms with Crippen LogP contribution >= 0.6 is 0 Å². The molecule has 0 bridgehead atoms. The summed E-state index contributed by atoms with van der Waals surface area (Å²) in [6, 6.07) is 6.17. The van der Waals surface area contributed by atoms with Crippen molar-refractivity contribution in [3.05, 3.63) is 46.1 Å². The molecule has 1 aromatic rings. The maximum absolute atomic E-state index is 13.9. The predicted octanol–water partition coefficient (Wildman–Crippen LogP) is 3.24. The van der Waals surface area contributed by atoms with Crippen LogP contribution in [0, 0.1) is 5.82 Å². The molecule has 1 N–H and O–H groups in total. The van der Waals surface area contributed by atoms with Crippen LogP contribution in [0.15, 0.2) is 29.4 Å². The van der Waals surface area contributed by atoms with Gasteiger partial charge >= 0.3 is 0 Å². The standard InChI is InChI=1S/C12H13FN4O.C5H10O2/c13-10-4-2-1-3-9(10)12(11(18)16-17-14)5-7-15-8-6-12;1-5(2,3)7-4-6/h1-4,15H,5-8H2;4H,1-3H3. The monoisotopic (exact) mass is 350 g/mol. The number of halogens is 1. The van der Waals surface area contributed by atoms with Gasteiger partial charge in [-0.05, 0) is 63.4 Å². The highest BCUT2D eigenvalue weighted by Gasteiger charge is 2.42. The van der Waals surface area contributed by atoms with E-state index in [-0.39, 0.29) is 5.60 Å². The third-order valence-electron chi connectivity index (χ3n) is 3.79. The lowest BCUT2D eigenvalue weighted by Gasteiger charge is -2.35. The Labute approximate surface area is 146 Å². The molecule has 0 spiro atoms. The molecule has 0 atom stereocenters. The van der Waals surface area contributed by atoms with Gasteiger partial charge in [0, 0.05) is 10.5 Å². The number of carbonyl (C=O) groups excluding carboxylic acids is 2. The highest BCUT2D eigenvalue weighted by Crippen LogP contribution is 2.36. The van der Waals surface area contributed by atoms with E-state index in [1.54, 1.807) is 18.2 Å². The largest absolute Gasteiger partial charge is 0.462 e. The molecule has 1 aliphatic rings. The van der Waals surface area contributed by atoms with E-state index >= 15 is 0 Å². The van der Waals surface area contributed by atoms with Crippen LogP contribution in [0.25, 0.3) is 10.4 Å². The highest BCUT2D eigenvalue weighted by atomic mass is 19.1. The number of benzene rings is 1. The van der Waals surface area contributed by atoms with Crippen molar-refractivity contribution in [1.29, 1.82) is 0 Å². The molecule has 1 amide bonds. The molecule has 0 aliphatic carbocycles. The van der Waals surface area contributed by atoms with E-state index in [1.165, 1.54) is 6.07 Å². The number of piperidine rings is 1. The van der Waals surface area contributed by atoms with Crippen LogP contribution in [0.2, 0.25) is 0 Å². The van der Waals surface area contributed by atoms with E-state index in [9.17, 15) is 14.0 Å². The topological polar surface area (TPSA) is 104 Å². The summed E-state index contributed by atoms with van der Waals surface area (Å²) in [7, 11) is 0. The molecule has 1 saturated heterocycles. The molecular weight excluding hydrogens is 327 g/mol. The van der Waals surface area contributed by atoms with Gasteiger partial charge in [-0.1, -0.05) is 18.2 Å². The maximum atomic E-state index is 13.9. The lowest BCUT2D eigenvalue weighted by atomic mass is 9.72. The van der Waals surface area contributed by atoms with Crippen molar-refractivity contribution in [1.82, 2.24) is 5.32 Å². The van der Waals surface area contributed by atoms with Crippen LogP contribution in [-0.2, 0) is 19.7 Å². The van der Waals surface area contributed by atoms with Gasteiger partial charge in [0.15, 0.2) is 0 Å². The van der Waals surface area contributed by atoms with E-state index in [0.717, 1.165) is 0 Å². The number of hydrogen-bond donors (Lipinski definition) is 1. The first kappa shape index (κ1) is 20.6. The van der Waals surface area contributed by atoms with Gasteiger partial charge in [-0.2, -0.15) is 0 Å². The number of carbonyl (C=O) groups is 2. The fraction of sp³-hybridized carbons (Fsp3) is 0.529. The summed E-state index contributed by atoms with van der Waals surface area (Å²) in [5, 5.41) is 6.30. The predicted molar refractivity (Wildman–Crippen MR) is 91.2 cm³/mol. The Balaban J connectivity index is 0.000000381. The second kappa shape index (κ2) is 9.15. The normalized spacial score (nSPS) is 15.8. The van der Waals surface area contributed by atoms with Crippen molar-refractivity contribution in [3.63, 3.8) is 0 Å². The molecule has 7 nitrogen and oxygen atoms in total. The number of amides is 1. The number of azide groups is 1. The fourth-order valence-corrected chi connectivity index (χ4v) is 2.58. The summed E-state index contributed by atoms with van der Waals surface area (Å²) in [6.07, 6.45) is 0.873. The first-order valence-electron chi connectivity index (χ1n) is 7.93. The zero-order valence-electron chi connectivity index (χ0n) is 14.7. The molecule has 8 heteroatoms. The SMILES string of the molecule is CC(C)(C)OC=O.[N-]=[N+]=NC(=O)C1(c2ccccc2F)CCNCC1. The molecule has 1 fully saturated rings. The molecule has 1 aromatic carbocycles. The first-order chi connectivity index (χ1) is 11.8. The number of rotatable bonds is 3. The van der Waals surface area contributed by atoms with Crippen LogP contribution in [0.5, 0.6) is 0 Å². The third-order valence-corrected chi connectivity index (χ3v) is 3.79. The van der Waals surface area contributed by atoms with E-state index in [0.29, 0.717) is 38.0 Å². The Bertz CT molecular complexity index is 646. The van der Waals surface area contributed by atoms with Gasteiger partial charge in [-0.15, -0.1) is 0 Å². The maximum Gasteiger partial charge on any atom is 0.293 e. The molecule has 0 saturated carbocycles. The summed E-state index contributed by atoms with van der Waals surface area (Å²) in [4.78, 5) is 24.2. The van der Waals surface area contributed by atoms with Crippen LogP contribution in [-0.4, -0.2) is 31.1 Å². The van der Waals surface area contributed by atoms with Gasteiger partial charge in [0.2, 0.25) is 5.91 Å². The van der Waals surface area contributed by atoms with Crippen molar-refractivity contribution >= 4 is 12.4 Å². The van der Waals surface area contributed by atoms with Gasteiger partial charge in [-0.25, -0.2) is 4.39 Å².